The summed E-state index contributed by atoms with van der Waals surface area (Å²) in [5.74, 6) is 1.03. The van der Waals surface area contributed by atoms with Crippen LogP contribution in [0.2, 0.25) is 0 Å². The number of nitrogens with zero attached hydrogens (tertiary/aromatic N) is 1. The maximum atomic E-state index is 13.1. The highest BCUT2D eigenvalue weighted by atomic mass is 16.5. The first-order valence-corrected chi connectivity index (χ1v) is 9.36. The minimum Gasteiger partial charge on any atom is -0.497 e. The van der Waals surface area contributed by atoms with Crippen LogP contribution < -0.4 is 4.74 Å². The Morgan fingerprint density at radius 3 is 2.65 bits per heavy atom. The normalized spacial score (nSPS) is 34.1. The van der Waals surface area contributed by atoms with Crippen LogP contribution in [0.4, 0.5) is 0 Å². The molecule has 0 N–H and O–H groups in total. The smallest absolute Gasteiger partial charge is 0.154 e. The molecule has 5 rings (SSSR count). The van der Waals surface area contributed by atoms with Crippen molar-refractivity contribution >= 4 is 5.78 Å². The van der Waals surface area contributed by atoms with Gasteiger partial charge in [-0.1, -0.05) is 36.4 Å². The number of fused-ring (bicyclic) bond motifs is 2. The lowest BCUT2D eigenvalue weighted by Crippen LogP contribution is -2.47. The molecule has 2 aromatic carbocycles. The minimum atomic E-state index is -0.492. The summed E-state index contributed by atoms with van der Waals surface area (Å²) in [7, 11) is 1.67. The number of aryl methyl sites for hydroxylation is 1. The first-order valence-electron chi connectivity index (χ1n) is 9.36. The van der Waals surface area contributed by atoms with Crippen LogP contribution in [0.25, 0.3) is 0 Å². The molecular formula is C23H21NO2. The Bertz CT molecular complexity index is 926. The number of rotatable bonds is 2. The summed E-state index contributed by atoms with van der Waals surface area (Å²) in [4.78, 5) is 13.1. The van der Waals surface area contributed by atoms with Crippen molar-refractivity contribution in [1.29, 1.82) is 5.26 Å². The molecule has 3 aliphatic rings. The van der Waals surface area contributed by atoms with Gasteiger partial charge in [-0.05, 0) is 59.9 Å². The van der Waals surface area contributed by atoms with E-state index in [1.54, 1.807) is 7.11 Å². The van der Waals surface area contributed by atoms with E-state index in [9.17, 15) is 10.1 Å². The molecule has 0 aliphatic heterocycles. The zero-order chi connectivity index (χ0) is 17.9. The molecule has 2 aromatic rings. The van der Waals surface area contributed by atoms with E-state index < -0.39 is 5.92 Å². The van der Waals surface area contributed by atoms with E-state index in [0.717, 1.165) is 25.0 Å². The fourth-order valence-corrected chi connectivity index (χ4v) is 6.20. The van der Waals surface area contributed by atoms with Gasteiger partial charge in [0.05, 0.1) is 13.2 Å². The summed E-state index contributed by atoms with van der Waals surface area (Å²) >= 11 is 0. The van der Waals surface area contributed by atoms with Crippen molar-refractivity contribution in [3.63, 3.8) is 0 Å². The van der Waals surface area contributed by atoms with Gasteiger partial charge in [0, 0.05) is 11.3 Å². The number of benzene rings is 2. The average molecular weight is 343 g/mol. The van der Waals surface area contributed by atoms with E-state index in [0.29, 0.717) is 5.92 Å². The number of methoxy groups -OCH3 is 1. The van der Waals surface area contributed by atoms with Crippen LogP contribution in [0.15, 0.2) is 48.5 Å². The molecule has 5 atom stereocenters. The van der Waals surface area contributed by atoms with Crippen LogP contribution in [0, 0.1) is 29.1 Å². The van der Waals surface area contributed by atoms with E-state index in [4.69, 9.17) is 4.74 Å². The van der Waals surface area contributed by atoms with Gasteiger partial charge in [-0.15, -0.1) is 0 Å². The second-order valence-corrected chi connectivity index (χ2v) is 7.92. The molecular weight excluding hydrogens is 322 g/mol. The number of carbonyl (C=O) groups is 1. The van der Waals surface area contributed by atoms with Crippen LogP contribution >= 0.6 is 0 Å². The molecule has 0 heterocycles. The van der Waals surface area contributed by atoms with Gasteiger partial charge in [-0.2, -0.15) is 5.26 Å². The molecule has 0 amide bonds. The van der Waals surface area contributed by atoms with E-state index in [1.807, 2.05) is 12.1 Å². The van der Waals surface area contributed by atoms with Crippen LogP contribution in [0.5, 0.6) is 5.75 Å². The topological polar surface area (TPSA) is 50.1 Å². The fraction of sp³-hybridized carbons (Fsp3) is 0.391. The number of Topliss-reactive ketones (excluding diaryl/α,β-unsaturated/α-hetero) is 1. The Morgan fingerprint density at radius 1 is 1.15 bits per heavy atom. The van der Waals surface area contributed by atoms with Crippen LogP contribution in [-0.4, -0.2) is 12.9 Å². The molecule has 2 unspecified atom stereocenters. The molecule has 26 heavy (non-hydrogen) atoms. The van der Waals surface area contributed by atoms with Gasteiger partial charge in [0.15, 0.2) is 5.78 Å². The van der Waals surface area contributed by atoms with Crippen LogP contribution in [0.1, 0.15) is 35.4 Å². The summed E-state index contributed by atoms with van der Waals surface area (Å²) in [5, 5.41) is 9.86. The predicted molar refractivity (Wildman–Crippen MR) is 97.9 cm³/mol. The van der Waals surface area contributed by atoms with Gasteiger partial charge in [0.25, 0.3) is 0 Å². The molecule has 2 saturated carbocycles. The molecule has 3 nitrogen and oxygen atoms in total. The van der Waals surface area contributed by atoms with Gasteiger partial charge < -0.3 is 4.74 Å². The molecule has 0 saturated heterocycles. The van der Waals surface area contributed by atoms with Crippen LogP contribution in [0.3, 0.4) is 0 Å². The van der Waals surface area contributed by atoms with Gasteiger partial charge in [0.1, 0.15) is 11.7 Å². The number of hydrogen-bond donors (Lipinski definition) is 0. The Kier molecular flexibility index (Phi) is 3.28. The lowest BCUT2D eigenvalue weighted by molar-refractivity contribution is -0.126. The lowest BCUT2D eigenvalue weighted by atomic mass is 9.55. The summed E-state index contributed by atoms with van der Waals surface area (Å²) in [5.41, 5.74) is 3.50. The van der Waals surface area contributed by atoms with Crippen molar-refractivity contribution in [1.82, 2.24) is 0 Å². The monoisotopic (exact) mass is 343 g/mol. The molecule has 2 bridgehead atoms. The van der Waals surface area contributed by atoms with Gasteiger partial charge in [-0.3, -0.25) is 4.79 Å². The third kappa shape index (κ3) is 1.80. The number of hydrogen-bond acceptors (Lipinski definition) is 3. The Morgan fingerprint density at radius 2 is 1.92 bits per heavy atom. The van der Waals surface area contributed by atoms with Gasteiger partial charge in [0.2, 0.25) is 0 Å². The summed E-state index contributed by atoms with van der Waals surface area (Å²) in [6, 6.07) is 19.0. The standard InChI is InChI=1S/C23H21NO2/c1-26-16-9-6-15(7-10-16)21-17-12-23(20(13-24)22(17)25)18-5-3-2-4-14(18)8-11-19(21)23/h2-7,9-10,17,19-21H,8,11-12H2,1H3/t17-,19?,20?,21-,23-/m1/s1. The summed E-state index contributed by atoms with van der Waals surface area (Å²) in [6.07, 6.45) is 2.91. The molecule has 130 valence electrons. The second-order valence-electron chi connectivity index (χ2n) is 7.92. The van der Waals surface area contributed by atoms with Crippen molar-refractivity contribution in [2.75, 3.05) is 7.11 Å². The molecule has 2 fully saturated rings. The zero-order valence-corrected chi connectivity index (χ0v) is 14.8. The Balaban J connectivity index is 1.67. The quantitative estimate of drug-likeness (QED) is 0.827. The fourth-order valence-electron chi connectivity index (χ4n) is 6.20. The zero-order valence-electron chi connectivity index (χ0n) is 14.8. The van der Waals surface area contributed by atoms with Crippen molar-refractivity contribution in [3.8, 4) is 11.8 Å². The van der Waals surface area contributed by atoms with E-state index in [2.05, 4.69) is 42.5 Å². The van der Waals surface area contributed by atoms with E-state index in [-0.39, 0.29) is 23.0 Å². The number of carbonyl (C=O) groups excluding carboxylic acids is 1. The minimum absolute atomic E-state index is 0.0378. The van der Waals surface area contributed by atoms with Gasteiger partial charge in [-0.25, -0.2) is 0 Å². The molecule has 0 aromatic heterocycles. The third-order valence-corrected chi connectivity index (χ3v) is 7.12. The Labute approximate surface area is 153 Å². The number of ether oxygens (including phenoxy) is 1. The third-order valence-electron chi connectivity index (χ3n) is 7.12. The van der Waals surface area contributed by atoms with Crippen LogP contribution in [-0.2, 0) is 16.6 Å². The SMILES string of the molecule is COc1ccc([C@H]2C3CCc4ccccc4[C@]34C[C@H]2C(=O)C4C#N)cc1. The molecule has 1 spiro atoms. The van der Waals surface area contributed by atoms with Crippen molar-refractivity contribution in [3.05, 3.63) is 65.2 Å². The largest absolute Gasteiger partial charge is 0.497 e. The first-order chi connectivity index (χ1) is 12.7. The van der Waals surface area contributed by atoms with Crippen molar-refractivity contribution in [2.24, 2.45) is 17.8 Å². The summed E-state index contributed by atoms with van der Waals surface area (Å²) < 4.78 is 5.29. The van der Waals surface area contributed by atoms with Crippen molar-refractivity contribution < 1.29 is 9.53 Å². The lowest BCUT2D eigenvalue weighted by Gasteiger charge is -2.46. The Hall–Kier alpha value is -2.60. The molecule has 3 heteroatoms. The van der Waals surface area contributed by atoms with Crippen molar-refractivity contribution in [2.45, 2.75) is 30.6 Å². The number of nitriles is 1. The highest BCUT2D eigenvalue weighted by molar-refractivity contribution is 5.93. The maximum absolute atomic E-state index is 13.1. The first kappa shape index (κ1) is 15.6. The second kappa shape index (κ2) is 5.45. The van der Waals surface area contributed by atoms with E-state index >= 15 is 0 Å². The predicted octanol–water partition coefficient (Wildman–Crippen LogP) is 4.02. The average Bonchev–Trinajstić information content (AvgIpc) is 3.18. The summed E-state index contributed by atoms with van der Waals surface area (Å²) in [6.45, 7) is 0. The highest BCUT2D eigenvalue weighted by Gasteiger charge is 2.69. The van der Waals surface area contributed by atoms with E-state index in [1.165, 1.54) is 16.7 Å². The maximum Gasteiger partial charge on any atom is 0.154 e. The van der Waals surface area contributed by atoms with Gasteiger partial charge >= 0.3 is 0 Å². The number of ketones is 1. The molecule has 0 radical (unpaired) electrons. The highest BCUT2D eigenvalue weighted by Crippen LogP contribution is 2.68. The molecule has 3 aliphatic carbocycles.